The maximum atomic E-state index is 11.4. The minimum absolute atomic E-state index is 0.130. The maximum Gasteiger partial charge on any atom is 0.131 e. The van der Waals surface area contributed by atoms with Crippen molar-refractivity contribution in [1.82, 2.24) is 0 Å². The first-order valence-electron chi connectivity index (χ1n) is 10.1. The number of unbranched alkanes of at least 4 members (excludes halogenated alkanes) is 1. The van der Waals surface area contributed by atoms with Crippen LogP contribution >= 0.6 is 0 Å². The molecule has 3 unspecified atom stereocenters. The number of phenols is 1. The van der Waals surface area contributed by atoms with E-state index in [1.54, 1.807) is 0 Å². The molecule has 3 heteroatoms. The number of rotatable bonds is 2. The fraction of sp³-hybridized carbons (Fsp3) is 0.652. The second-order valence-electron chi connectivity index (χ2n) is 8.78. The van der Waals surface area contributed by atoms with E-state index in [9.17, 15) is 10.2 Å². The summed E-state index contributed by atoms with van der Waals surface area (Å²) in [4.78, 5) is 0. The monoisotopic (exact) mass is 354 g/mol. The van der Waals surface area contributed by atoms with Gasteiger partial charge in [0.1, 0.15) is 11.4 Å². The Kier molecular flexibility index (Phi) is 4.53. The van der Waals surface area contributed by atoms with Crippen LogP contribution in [0.5, 0.6) is 5.75 Å². The van der Waals surface area contributed by atoms with E-state index in [0.717, 1.165) is 38.5 Å². The van der Waals surface area contributed by atoms with Crippen molar-refractivity contribution in [1.29, 1.82) is 0 Å². The lowest BCUT2D eigenvalue weighted by Gasteiger charge is -2.52. The molecule has 0 saturated heterocycles. The molecule has 2 fully saturated rings. The van der Waals surface area contributed by atoms with Gasteiger partial charge in [0, 0.05) is 18.4 Å². The van der Waals surface area contributed by atoms with E-state index in [0.29, 0.717) is 36.3 Å². The highest BCUT2D eigenvalue weighted by Gasteiger charge is 2.61. The third-order valence-electron chi connectivity index (χ3n) is 7.62. The van der Waals surface area contributed by atoms with Gasteiger partial charge >= 0.3 is 0 Å². The molecular weight excluding hydrogens is 324 g/mol. The molecule has 26 heavy (non-hydrogen) atoms. The number of aliphatic hydroxyl groups excluding tert-OH is 1. The standard InChI is InChI=1S/C23H30O3/c1-22-12-9-19-18-8-6-17(25)15-16(18)5-7-20(19)21(22)10-13-23(22,26)11-3-2-4-14-24/h6,8,15,19-21,24-26H,2,4-5,7,9-10,12-14H2,1H3/t19-,20?,21+,22?,23?/m1/s1. The first kappa shape index (κ1) is 17.9. The predicted octanol–water partition coefficient (Wildman–Crippen LogP) is 3.76. The highest BCUT2D eigenvalue weighted by atomic mass is 16.3. The molecule has 2 saturated carbocycles. The fourth-order valence-electron chi connectivity index (χ4n) is 6.17. The number of phenolic OH excluding ortho intramolecular Hbond substituents is 1. The van der Waals surface area contributed by atoms with Crippen molar-refractivity contribution in [2.45, 2.75) is 69.8 Å². The van der Waals surface area contributed by atoms with Crippen LogP contribution in [0.3, 0.4) is 0 Å². The lowest BCUT2D eigenvalue weighted by Crippen LogP contribution is -2.50. The van der Waals surface area contributed by atoms with Crippen LogP contribution in [0.25, 0.3) is 0 Å². The van der Waals surface area contributed by atoms with Crippen molar-refractivity contribution in [3.8, 4) is 17.6 Å². The Labute approximate surface area is 156 Å². The van der Waals surface area contributed by atoms with Gasteiger partial charge in [0.15, 0.2) is 0 Å². The molecule has 0 aliphatic heterocycles. The molecule has 3 aliphatic rings. The molecule has 3 aliphatic carbocycles. The molecule has 4 rings (SSSR count). The molecule has 3 nitrogen and oxygen atoms in total. The van der Waals surface area contributed by atoms with Gasteiger partial charge in [-0.3, -0.25) is 0 Å². The van der Waals surface area contributed by atoms with Gasteiger partial charge in [-0.05, 0) is 86.0 Å². The lowest BCUT2D eigenvalue weighted by molar-refractivity contribution is -0.0648. The van der Waals surface area contributed by atoms with E-state index in [-0.39, 0.29) is 12.0 Å². The molecular formula is C23H30O3. The van der Waals surface area contributed by atoms with Gasteiger partial charge in [0.25, 0.3) is 0 Å². The normalized spacial score (nSPS) is 37.9. The molecule has 0 amide bonds. The van der Waals surface area contributed by atoms with Crippen LogP contribution in [-0.4, -0.2) is 27.5 Å². The quantitative estimate of drug-likeness (QED) is 0.560. The molecule has 0 bridgehead atoms. The van der Waals surface area contributed by atoms with Crippen molar-refractivity contribution in [3.05, 3.63) is 29.3 Å². The molecule has 0 radical (unpaired) electrons. The Morgan fingerprint density at radius 2 is 2.04 bits per heavy atom. The van der Waals surface area contributed by atoms with Crippen LogP contribution in [-0.2, 0) is 6.42 Å². The summed E-state index contributed by atoms with van der Waals surface area (Å²) < 4.78 is 0. The topological polar surface area (TPSA) is 60.7 Å². The first-order valence-corrected chi connectivity index (χ1v) is 10.1. The molecule has 0 spiro atoms. The second kappa shape index (κ2) is 6.59. The average Bonchev–Trinajstić information content (AvgIpc) is 2.90. The van der Waals surface area contributed by atoms with E-state index < -0.39 is 5.60 Å². The van der Waals surface area contributed by atoms with Crippen molar-refractivity contribution >= 4 is 0 Å². The zero-order valence-electron chi connectivity index (χ0n) is 15.7. The summed E-state index contributed by atoms with van der Waals surface area (Å²) in [5, 5.41) is 30.1. The van der Waals surface area contributed by atoms with E-state index in [1.807, 2.05) is 12.1 Å². The Balaban J connectivity index is 1.60. The van der Waals surface area contributed by atoms with Crippen molar-refractivity contribution in [2.75, 3.05) is 6.61 Å². The molecule has 0 aromatic heterocycles. The number of hydrogen-bond acceptors (Lipinski definition) is 3. The van der Waals surface area contributed by atoms with Crippen molar-refractivity contribution in [3.63, 3.8) is 0 Å². The largest absolute Gasteiger partial charge is 0.508 e. The molecule has 1 aromatic carbocycles. The number of hydrogen-bond donors (Lipinski definition) is 3. The third-order valence-corrected chi connectivity index (χ3v) is 7.62. The summed E-state index contributed by atoms with van der Waals surface area (Å²) in [7, 11) is 0. The SMILES string of the molecule is CC12CC[C@@H]3c4ccc(O)cc4CCC3[C@@H]1CCC2(O)C#CCCCO. The van der Waals surface area contributed by atoms with Gasteiger partial charge in [0.2, 0.25) is 0 Å². The van der Waals surface area contributed by atoms with Crippen molar-refractivity contribution in [2.24, 2.45) is 17.3 Å². The summed E-state index contributed by atoms with van der Waals surface area (Å²) >= 11 is 0. The van der Waals surface area contributed by atoms with E-state index in [2.05, 4.69) is 24.8 Å². The summed E-state index contributed by atoms with van der Waals surface area (Å²) in [6.45, 7) is 2.42. The second-order valence-corrected chi connectivity index (χ2v) is 8.78. The summed E-state index contributed by atoms with van der Waals surface area (Å²) in [6.07, 6.45) is 7.43. The number of benzene rings is 1. The Morgan fingerprint density at radius 1 is 1.19 bits per heavy atom. The van der Waals surface area contributed by atoms with Gasteiger partial charge in [-0.25, -0.2) is 0 Å². The lowest BCUT2D eigenvalue weighted by atomic mass is 9.53. The molecule has 5 atom stereocenters. The van der Waals surface area contributed by atoms with Crippen LogP contribution < -0.4 is 0 Å². The van der Waals surface area contributed by atoms with E-state index in [1.165, 1.54) is 11.1 Å². The molecule has 3 N–H and O–H groups in total. The van der Waals surface area contributed by atoms with Crippen LogP contribution in [0, 0.1) is 29.1 Å². The first-order chi connectivity index (χ1) is 12.5. The Morgan fingerprint density at radius 3 is 2.85 bits per heavy atom. The zero-order chi connectivity index (χ0) is 18.4. The molecule has 0 heterocycles. The van der Waals surface area contributed by atoms with Gasteiger partial charge < -0.3 is 15.3 Å². The van der Waals surface area contributed by atoms with Crippen molar-refractivity contribution < 1.29 is 15.3 Å². The molecule has 1 aromatic rings. The van der Waals surface area contributed by atoms with E-state index in [4.69, 9.17) is 5.11 Å². The number of aromatic hydroxyl groups is 1. The summed E-state index contributed by atoms with van der Waals surface area (Å²) in [5.74, 6) is 8.40. The van der Waals surface area contributed by atoms with Gasteiger partial charge in [-0.15, -0.1) is 5.92 Å². The van der Waals surface area contributed by atoms with Crippen LogP contribution in [0.4, 0.5) is 0 Å². The fourth-order valence-corrected chi connectivity index (χ4v) is 6.17. The Bertz CT molecular complexity index is 746. The highest BCUT2D eigenvalue weighted by molar-refractivity contribution is 5.40. The van der Waals surface area contributed by atoms with Gasteiger partial charge in [-0.1, -0.05) is 18.9 Å². The van der Waals surface area contributed by atoms with E-state index >= 15 is 0 Å². The number of aliphatic hydroxyl groups is 2. The third kappa shape index (κ3) is 2.66. The summed E-state index contributed by atoms with van der Waals surface area (Å²) in [5.41, 5.74) is 1.72. The van der Waals surface area contributed by atoms with Crippen LogP contribution in [0.2, 0.25) is 0 Å². The Hall–Kier alpha value is -1.50. The smallest absolute Gasteiger partial charge is 0.131 e. The minimum Gasteiger partial charge on any atom is -0.508 e. The predicted molar refractivity (Wildman–Crippen MR) is 102 cm³/mol. The maximum absolute atomic E-state index is 11.4. The van der Waals surface area contributed by atoms with Crippen LogP contribution in [0.1, 0.15) is 68.9 Å². The van der Waals surface area contributed by atoms with Gasteiger partial charge in [0.05, 0.1) is 0 Å². The molecule has 140 valence electrons. The number of fused-ring (bicyclic) bond motifs is 5. The zero-order valence-corrected chi connectivity index (χ0v) is 15.7. The highest BCUT2D eigenvalue weighted by Crippen LogP contribution is 2.64. The van der Waals surface area contributed by atoms with Crippen LogP contribution in [0.15, 0.2) is 18.2 Å². The average molecular weight is 354 g/mol. The number of aryl methyl sites for hydroxylation is 1. The summed E-state index contributed by atoms with van der Waals surface area (Å²) in [6, 6.07) is 5.89. The van der Waals surface area contributed by atoms with Gasteiger partial charge in [-0.2, -0.15) is 0 Å². The minimum atomic E-state index is -0.882.